The summed E-state index contributed by atoms with van der Waals surface area (Å²) in [6.45, 7) is 0. The fourth-order valence-corrected chi connectivity index (χ4v) is 5.27. The van der Waals surface area contributed by atoms with Gasteiger partial charge in [0.2, 0.25) is 5.91 Å². The lowest BCUT2D eigenvalue weighted by molar-refractivity contribution is -0.117. The average Bonchev–Trinajstić information content (AvgIpc) is 3.71. The monoisotopic (exact) mass is 463 g/mol. The molecule has 35 heavy (non-hydrogen) atoms. The van der Waals surface area contributed by atoms with Crippen molar-refractivity contribution in [3.63, 3.8) is 0 Å². The van der Waals surface area contributed by atoms with Gasteiger partial charge in [-0.3, -0.25) is 9.59 Å². The number of ether oxygens (including phenoxy) is 1. The average molecular weight is 464 g/mol. The number of benzene rings is 3. The predicted octanol–water partition coefficient (Wildman–Crippen LogP) is 5.02. The molecule has 0 bridgehead atoms. The minimum absolute atomic E-state index is 0.0215. The molecule has 3 aromatic carbocycles. The van der Waals surface area contributed by atoms with E-state index < -0.39 is 0 Å². The van der Waals surface area contributed by atoms with E-state index in [2.05, 4.69) is 28.0 Å². The van der Waals surface area contributed by atoms with Crippen LogP contribution in [-0.4, -0.2) is 25.1 Å². The summed E-state index contributed by atoms with van der Waals surface area (Å²) in [5.74, 6) is 0.606. The molecule has 0 saturated heterocycles. The summed E-state index contributed by atoms with van der Waals surface area (Å²) in [5, 5.41) is 7.25. The second-order valence-corrected chi connectivity index (χ2v) is 9.23. The van der Waals surface area contributed by atoms with E-state index in [1.165, 1.54) is 5.57 Å². The van der Waals surface area contributed by atoms with Gasteiger partial charge in [-0.25, -0.2) is 5.43 Å². The van der Waals surface area contributed by atoms with Crippen LogP contribution in [0.5, 0.6) is 5.75 Å². The van der Waals surface area contributed by atoms with E-state index in [4.69, 9.17) is 4.74 Å². The molecule has 1 fully saturated rings. The fourth-order valence-electron chi connectivity index (χ4n) is 5.27. The lowest BCUT2D eigenvalue weighted by Crippen LogP contribution is -2.20. The van der Waals surface area contributed by atoms with Gasteiger partial charge in [-0.2, -0.15) is 5.10 Å². The highest BCUT2D eigenvalue weighted by molar-refractivity contribution is 6.24. The summed E-state index contributed by atoms with van der Waals surface area (Å²) < 4.78 is 5.32. The number of nitrogens with one attached hydrogen (secondary N) is 2. The van der Waals surface area contributed by atoms with Crippen LogP contribution in [0.1, 0.15) is 51.4 Å². The van der Waals surface area contributed by atoms with Crippen molar-refractivity contribution in [1.29, 1.82) is 0 Å². The van der Waals surface area contributed by atoms with Crippen molar-refractivity contribution in [3.8, 4) is 5.75 Å². The number of hydrogen-bond donors (Lipinski definition) is 2. The van der Waals surface area contributed by atoms with Crippen LogP contribution < -0.4 is 15.5 Å². The Labute approximate surface area is 203 Å². The number of rotatable bonds is 5. The topological polar surface area (TPSA) is 79.8 Å². The summed E-state index contributed by atoms with van der Waals surface area (Å²) in [6.07, 6.45) is 4.18. The molecule has 6 heteroatoms. The summed E-state index contributed by atoms with van der Waals surface area (Å²) in [5.41, 5.74) is 10.2. The molecular weight excluding hydrogens is 438 g/mol. The molecule has 0 aromatic heterocycles. The van der Waals surface area contributed by atoms with Gasteiger partial charge >= 0.3 is 0 Å². The van der Waals surface area contributed by atoms with Gasteiger partial charge in [0.1, 0.15) is 5.75 Å². The summed E-state index contributed by atoms with van der Waals surface area (Å²) >= 11 is 0. The quantitative estimate of drug-likeness (QED) is 0.557. The van der Waals surface area contributed by atoms with Crippen LogP contribution in [0.2, 0.25) is 0 Å². The van der Waals surface area contributed by atoms with Crippen LogP contribution >= 0.6 is 0 Å². The van der Waals surface area contributed by atoms with Gasteiger partial charge in [0.05, 0.1) is 18.9 Å². The maximum atomic E-state index is 13.1. The Morgan fingerprint density at radius 3 is 2.74 bits per heavy atom. The van der Waals surface area contributed by atoms with Crippen LogP contribution in [0, 0.1) is 5.92 Å². The van der Waals surface area contributed by atoms with Crippen LogP contribution in [0.4, 0.5) is 5.69 Å². The van der Waals surface area contributed by atoms with Crippen LogP contribution in [0.3, 0.4) is 0 Å². The Bertz CT molecular complexity index is 1410. The number of amides is 2. The normalized spacial score (nSPS) is 20.0. The molecule has 0 radical (unpaired) electrons. The fraction of sp³-hybridized carbons (Fsp3) is 0.207. The van der Waals surface area contributed by atoms with E-state index in [0.717, 1.165) is 52.8 Å². The highest BCUT2D eigenvalue weighted by atomic mass is 16.5. The molecule has 2 unspecified atom stereocenters. The lowest BCUT2D eigenvalue weighted by Gasteiger charge is -2.24. The van der Waals surface area contributed by atoms with Gasteiger partial charge in [0.25, 0.3) is 5.91 Å². The number of allylic oxidation sites excluding steroid dienone is 2. The second kappa shape index (κ2) is 8.55. The second-order valence-electron chi connectivity index (χ2n) is 9.23. The standard InChI is InChI=1S/C29H25N3O3/c1-35-21-9-5-8-18(13-21)23-15-24(23)28(33)31-20-12-19-10-11-22(17-6-3-2-4-7-17)26-16-30-32-29(34)25(14-20)27(19)26/h2-9,12-14,16,23-24H,10-11,15H2,1H3,(H,31,33)(H,32,34). The molecule has 3 aromatic rings. The summed E-state index contributed by atoms with van der Waals surface area (Å²) in [4.78, 5) is 26.0. The van der Waals surface area contributed by atoms with E-state index in [-0.39, 0.29) is 23.7 Å². The van der Waals surface area contributed by atoms with E-state index >= 15 is 0 Å². The molecule has 2 N–H and O–H groups in total. The number of carbonyl (C=O) groups excluding carboxylic acids is 2. The van der Waals surface area contributed by atoms with E-state index in [9.17, 15) is 9.59 Å². The number of carbonyl (C=O) groups is 2. The molecule has 0 spiro atoms. The minimum atomic E-state index is -0.265. The third-order valence-electron chi connectivity index (χ3n) is 7.10. The number of nitrogens with zero attached hydrogens (tertiary/aromatic N) is 1. The molecule has 3 aliphatic rings. The molecule has 2 atom stereocenters. The zero-order valence-corrected chi connectivity index (χ0v) is 19.4. The number of anilines is 1. The van der Waals surface area contributed by atoms with Gasteiger partial charge < -0.3 is 10.1 Å². The van der Waals surface area contributed by atoms with E-state index in [1.807, 2.05) is 48.5 Å². The van der Waals surface area contributed by atoms with Crippen LogP contribution in [0.15, 0.2) is 71.8 Å². The van der Waals surface area contributed by atoms with Crippen LogP contribution in [-0.2, 0) is 11.2 Å². The predicted molar refractivity (Wildman–Crippen MR) is 136 cm³/mol. The first kappa shape index (κ1) is 21.4. The molecule has 1 heterocycles. The SMILES string of the molecule is COc1cccc(C2CC2C(=O)Nc2cc3c4c(c2)C(=O)NN=CC4=C(c2ccccc2)CC3)c1. The molecule has 6 rings (SSSR count). The number of aryl methyl sites for hydroxylation is 1. The Hall–Kier alpha value is -4.19. The number of hydrazone groups is 1. The van der Waals surface area contributed by atoms with E-state index in [0.29, 0.717) is 11.3 Å². The van der Waals surface area contributed by atoms with Crippen molar-refractivity contribution in [3.05, 3.63) is 94.5 Å². The summed E-state index contributed by atoms with van der Waals surface area (Å²) in [6, 6.07) is 21.9. The zero-order valence-electron chi connectivity index (χ0n) is 19.4. The molecule has 174 valence electrons. The molecule has 1 aliphatic heterocycles. The van der Waals surface area contributed by atoms with Crippen molar-refractivity contribution in [1.82, 2.24) is 5.43 Å². The van der Waals surface area contributed by atoms with Gasteiger partial charge in [0.15, 0.2) is 0 Å². The third-order valence-corrected chi connectivity index (χ3v) is 7.10. The van der Waals surface area contributed by atoms with Crippen molar-refractivity contribution in [2.24, 2.45) is 11.0 Å². The molecular formula is C29H25N3O3. The molecule has 2 amide bonds. The minimum Gasteiger partial charge on any atom is -0.497 e. The summed E-state index contributed by atoms with van der Waals surface area (Å²) in [7, 11) is 1.64. The van der Waals surface area contributed by atoms with Gasteiger partial charge in [-0.05, 0) is 77.3 Å². The highest BCUT2D eigenvalue weighted by Crippen LogP contribution is 2.49. The Morgan fingerprint density at radius 1 is 1.06 bits per heavy atom. The van der Waals surface area contributed by atoms with Gasteiger partial charge in [-0.1, -0.05) is 42.5 Å². The first-order valence-electron chi connectivity index (χ1n) is 11.9. The lowest BCUT2D eigenvalue weighted by atomic mass is 9.80. The third kappa shape index (κ3) is 3.91. The Kier molecular flexibility index (Phi) is 5.21. The Balaban J connectivity index is 1.30. The first-order valence-corrected chi connectivity index (χ1v) is 11.9. The van der Waals surface area contributed by atoms with Crippen molar-refractivity contribution < 1.29 is 14.3 Å². The van der Waals surface area contributed by atoms with Crippen LogP contribution in [0.25, 0.3) is 11.1 Å². The van der Waals surface area contributed by atoms with Gasteiger partial charge in [-0.15, -0.1) is 0 Å². The van der Waals surface area contributed by atoms with Crippen molar-refractivity contribution in [2.75, 3.05) is 12.4 Å². The molecule has 1 saturated carbocycles. The zero-order chi connectivity index (χ0) is 23.9. The van der Waals surface area contributed by atoms with Crippen molar-refractivity contribution in [2.45, 2.75) is 25.2 Å². The highest BCUT2D eigenvalue weighted by Gasteiger charge is 2.44. The first-order chi connectivity index (χ1) is 17.1. The number of hydrogen-bond acceptors (Lipinski definition) is 4. The largest absolute Gasteiger partial charge is 0.497 e. The molecule has 2 aliphatic carbocycles. The van der Waals surface area contributed by atoms with Crippen molar-refractivity contribution >= 4 is 34.9 Å². The number of methoxy groups -OCH3 is 1. The molecule has 6 nitrogen and oxygen atoms in total. The van der Waals surface area contributed by atoms with Gasteiger partial charge in [0, 0.05) is 17.2 Å². The van der Waals surface area contributed by atoms with E-state index in [1.54, 1.807) is 19.4 Å². The Morgan fingerprint density at radius 2 is 1.91 bits per heavy atom. The smallest absolute Gasteiger partial charge is 0.272 e. The maximum absolute atomic E-state index is 13.1. The maximum Gasteiger partial charge on any atom is 0.272 e.